The summed E-state index contributed by atoms with van der Waals surface area (Å²) in [6.45, 7) is -0.242. The molecule has 6 nitrogen and oxygen atoms in total. The number of hydrogen-bond donors (Lipinski definition) is 3. The summed E-state index contributed by atoms with van der Waals surface area (Å²) in [4.78, 5) is 13.4. The van der Waals surface area contributed by atoms with Crippen LogP contribution in [0.15, 0.2) is 17.1 Å². The molecular weight excluding hydrogens is 232 g/mol. The van der Waals surface area contributed by atoms with Crippen LogP contribution >= 0.6 is 12.2 Å². The van der Waals surface area contributed by atoms with Crippen LogP contribution in [-0.2, 0) is 4.74 Å². The standard InChI is InChI=1S/C9H12N2O4S/c12-4-6-5(13)3-8(15-6)11-2-1-7(14)10-9(11)16/h1-2,5-6,8,12-13H,3-4H2,(H,10,14,16)/t5-,6+,8-/m0/s1. The zero-order chi connectivity index (χ0) is 11.7. The molecule has 1 aliphatic rings. The minimum Gasteiger partial charge on any atom is -0.394 e. The lowest BCUT2D eigenvalue weighted by molar-refractivity contribution is -0.0453. The molecule has 1 aromatic heterocycles. The van der Waals surface area contributed by atoms with Gasteiger partial charge in [0, 0.05) is 18.7 Å². The number of hydrogen-bond acceptors (Lipinski definition) is 5. The van der Waals surface area contributed by atoms with Crippen molar-refractivity contribution in [3.8, 4) is 0 Å². The summed E-state index contributed by atoms with van der Waals surface area (Å²) in [5, 5.41) is 18.5. The van der Waals surface area contributed by atoms with Crippen molar-refractivity contribution >= 4 is 12.2 Å². The van der Waals surface area contributed by atoms with Crippen molar-refractivity contribution in [2.24, 2.45) is 0 Å². The summed E-state index contributed by atoms with van der Waals surface area (Å²) in [7, 11) is 0. The molecule has 3 atom stereocenters. The molecule has 3 N–H and O–H groups in total. The number of ether oxygens (including phenoxy) is 1. The average Bonchev–Trinajstić information content (AvgIpc) is 2.59. The number of aromatic amines is 1. The van der Waals surface area contributed by atoms with E-state index in [0.717, 1.165) is 0 Å². The monoisotopic (exact) mass is 244 g/mol. The summed E-state index contributed by atoms with van der Waals surface area (Å²) < 4.78 is 7.19. The summed E-state index contributed by atoms with van der Waals surface area (Å²) in [5.41, 5.74) is -0.279. The van der Waals surface area contributed by atoms with Gasteiger partial charge in [0.2, 0.25) is 0 Å². The number of aromatic nitrogens is 2. The predicted octanol–water partition coefficient (Wildman–Crippen LogP) is -0.453. The van der Waals surface area contributed by atoms with Crippen molar-refractivity contribution < 1.29 is 14.9 Å². The lowest BCUT2D eigenvalue weighted by Crippen LogP contribution is -2.24. The van der Waals surface area contributed by atoms with Gasteiger partial charge in [-0.3, -0.25) is 14.3 Å². The van der Waals surface area contributed by atoms with E-state index in [0.29, 0.717) is 6.42 Å². The Balaban J connectivity index is 2.27. The summed E-state index contributed by atoms with van der Waals surface area (Å²) in [6, 6.07) is 1.33. The smallest absolute Gasteiger partial charge is 0.251 e. The Labute approximate surface area is 96.1 Å². The van der Waals surface area contributed by atoms with Gasteiger partial charge in [-0.25, -0.2) is 0 Å². The molecule has 1 fully saturated rings. The van der Waals surface area contributed by atoms with Crippen molar-refractivity contribution in [1.82, 2.24) is 9.55 Å². The summed E-state index contributed by atoms with van der Waals surface area (Å²) in [5.74, 6) is 0. The van der Waals surface area contributed by atoms with Gasteiger partial charge in [0.05, 0.1) is 12.7 Å². The number of nitrogens with one attached hydrogen (secondary N) is 1. The second-order valence-corrected chi connectivity index (χ2v) is 4.02. The Bertz CT molecular complexity index is 483. The number of nitrogens with zero attached hydrogens (tertiary/aromatic N) is 1. The van der Waals surface area contributed by atoms with Crippen LogP contribution in [0, 0.1) is 4.77 Å². The highest BCUT2D eigenvalue weighted by Crippen LogP contribution is 2.28. The molecule has 2 rings (SSSR count). The van der Waals surface area contributed by atoms with Crippen molar-refractivity contribution in [2.75, 3.05) is 6.61 Å². The van der Waals surface area contributed by atoms with E-state index in [1.807, 2.05) is 0 Å². The molecule has 1 saturated heterocycles. The Hall–Kier alpha value is -1.02. The van der Waals surface area contributed by atoms with Gasteiger partial charge in [-0.15, -0.1) is 0 Å². The Morgan fingerprint density at radius 2 is 2.44 bits per heavy atom. The maximum Gasteiger partial charge on any atom is 0.251 e. The minimum atomic E-state index is -0.719. The topological polar surface area (TPSA) is 87.5 Å². The molecule has 2 heterocycles. The third-order valence-corrected chi connectivity index (χ3v) is 2.86. The van der Waals surface area contributed by atoms with Gasteiger partial charge in [0.25, 0.3) is 5.56 Å². The van der Waals surface area contributed by atoms with Crippen LogP contribution in [0.2, 0.25) is 0 Å². The molecular formula is C9H12N2O4S. The summed E-state index contributed by atoms with van der Waals surface area (Å²) in [6.07, 6.45) is 0.0864. The zero-order valence-corrected chi connectivity index (χ0v) is 9.18. The largest absolute Gasteiger partial charge is 0.394 e. The quantitative estimate of drug-likeness (QED) is 0.613. The molecule has 0 aliphatic carbocycles. The van der Waals surface area contributed by atoms with Crippen LogP contribution in [0.25, 0.3) is 0 Å². The van der Waals surface area contributed by atoms with E-state index in [-0.39, 0.29) is 16.9 Å². The predicted molar refractivity (Wildman–Crippen MR) is 57.5 cm³/mol. The molecule has 0 saturated carbocycles. The molecule has 1 aromatic rings. The molecule has 0 unspecified atom stereocenters. The number of aliphatic hydroxyl groups excluding tert-OH is 2. The van der Waals surface area contributed by atoms with E-state index in [1.54, 1.807) is 4.57 Å². The molecule has 0 bridgehead atoms. The SMILES string of the molecule is O=c1ccn([C@@H]2C[C@H](O)[C@@H](CO)O2)c(=S)[nH]1. The number of rotatable bonds is 2. The first kappa shape index (κ1) is 11.5. The van der Waals surface area contributed by atoms with Gasteiger partial charge in [-0.05, 0) is 12.2 Å². The van der Waals surface area contributed by atoms with Crippen LogP contribution in [-0.4, -0.2) is 38.6 Å². The fourth-order valence-corrected chi connectivity index (χ4v) is 1.98. The highest BCUT2D eigenvalue weighted by Gasteiger charge is 2.34. The first-order valence-electron chi connectivity index (χ1n) is 4.87. The fraction of sp³-hybridized carbons (Fsp3) is 0.556. The molecule has 16 heavy (non-hydrogen) atoms. The van der Waals surface area contributed by atoms with Gasteiger partial charge in [-0.2, -0.15) is 0 Å². The maximum absolute atomic E-state index is 11.0. The van der Waals surface area contributed by atoms with E-state index in [4.69, 9.17) is 22.1 Å². The first-order valence-corrected chi connectivity index (χ1v) is 5.28. The van der Waals surface area contributed by atoms with Gasteiger partial charge < -0.3 is 14.9 Å². The van der Waals surface area contributed by atoms with E-state index in [9.17, 15) is 9.90 Å². The molecule has 88 valence electrons. The highest BCUT2D eigenvalue weighted by atomic mass is 32.1. The Kier molecular flexibility index (Phi) is 3.20. The molecule has 1 aliphatic heterocycles. The second kappa shape index (κ2) is 4.46. The van der Waals surface area contributed by atoms with Gasteiger partial charge in [-0.1, -0.05) is 0 Å². The number of aliphatic hydroxyl groups is 2. The first-order chi connectivity index (χ1) is 7.61. The lowest BCUT2D eigenvalue weighted by atomic mass is 10.2. The number of H-pyrrole nitrogens is 1. The third kappa shape index (κ3) is 2.07. The van der Waals surface area contributed by atoms with Crippen molar-refractivity contribution in [3.63, 3.8) is 0 Å². The Morgan fingerprint density at radius 1 is 1.69 bits per heavy atom. The minimum absolute atomic E-state index is 0.239. The average molecular weight is 244 g/mol. The Morgan fingerprint density at radius 3 is 3.00 bits per heavy atom. The fourth-order valence-electron chi connectivity index (χ4n) is 1.70. The van der Waals surface area contributed by atoms with Crippen LogP contribution in [0.5, 0.6) is 0 Å². The molecule has 0 spiro atoms. The summed E-state index contributed by atoms with van der Waals surface area (Å²) >= 11 is 4.97. The van der Waals surface area contributed by atoms with E-state index in [2.05, 4.69) is 4.98 Å². The maximum atomic E-state index is 11.0. The lowest BCUT2D eigenvalue weighted by Gasteiger charge is -2.14. The van der Waals surface area contributed by atoms with E-state index in [1.165, 1.54) is 12.3 Å². The van der Waals surface area contributed by atoms with Gasteiger partial charge >= 0.3 is 0 Å². The van der Waals surface area contributed by atoms with Crippen molar-refractivity contribution in [1.29, 1.82) is 0 Å². The van der Waals surface area contributed by atoms with Crippen LogP contribution in [0.4, 0.5) is 0 Å². The van der Waals surface area contributed by atoms with Crippen LogP contribution < -0.4 is 5.56 Å². The zero-order valence-electron chi connectivity index (χ0n) is 8.37. The van der Waals surface area contributed by atoms with Crippen molar-refractivity contribution in [3.05, 3.63) is 27.4 Å². The second-order valence-electron chi connectivity index (χ2n) is 3.63. The van der Waals surface area contributed by atoms with Crippen molar-refractivity contribution in [2.45, 2.75) is 24.9 Å². The van der Waals surface area contributed by atoms with E-state index >= 15 is 0 Å². The van der Waals surface area contributed by atoms with Gasteiger partial charge in [0.15, 0.2) is 4.77 Å². The molecule has 0 amide bonds. The van der Waals surface area contributed by atoms with Gasteiger partial charge in [0.1, 0.15) is 12.3 Å². The molecule has 7 heteroatoms. The normalized spacial score (nSPS) is 29.5. The third-order valence-electron chi connectivity index (χ3n) is 2.55. The van der Waals surface area contributed by atoms with E-state index < -0.39 is 18.4 Å². The van der Waals surface area contributed by atoms with Crippen LogP contribution in [0.3, 0.4) is 0 Å². The molecule has 0 radical (unpaired) electrons. The highest BCUT2D eigenvalue weighted by molar-refractivity contribution is 7.71. The van der Waals surface area contributed by atoms with Crippen LogP contribution in [0.1, 0.15) is 12.6 Å². The molecule has 0 aromatic carbocycles.